The summed E-state index contributed by atoms with van der Waals surface area (Å²) in [6.07, 6.45) is 4.69. The third-order valence-electron chi connectivity index (χ3n) is 3.37. The lowest BCUT2D eigenvalue weighted by Gasteiger charge is -2.33. The average Bonchev–Trinajstić information content (AvgIpc) is 2.12. The van der Waals surface area contributed by atoms with Crippen molar-refractivity contribution in [3.63, 3.8) is 0 Å². The van der Waals surface area contributed by atoms with E-state index >= 15 is 0 Å². The van der Waals surface area contributed by atoms with E-state index in [9.17, 15) is 0 Å². The van der Waals surface area contributed by atoms with E-state index in [4.69, 9.17) is 4.74 Å². The summed E-state index contributed by atoms with van der Waals surface area (Å²) in [5, 5.41) is 3.43. The van der Waals surface area contributed by atoms with Crippen molar-refractivity contribution in [1.29, 1.82) is 0 Å². The minimum atomic E-state index is 0.338. The molecule has 2 heteroatoms. The molecule has 0 saturated heterocycles. The molecule has 3 atom stereocenters. The van der Waals surface area contributed by atoms with Crippen molar-refractivity contribution in [1.82, 2.24) is 5.32 Å². The Kier molecular flexibility index (Phi) is 5.77. The topological polar surface area (TPSA) is 21.3 Å². The summed E-state index contributed by atoms with van der Waals surface area (Å²) in [4.78, 5) is 0. The summed E-state index contributed by atoms with van der Waals surface area (Å²) < 4.78 is 6.12. The highest BCUT2D eigenvalue weighted by Gasteiger charge is 2.25. The van der Waals surface area contributed by atoms with Gasteiger partial charge < -0.3 is 10.1 Å². The van der Waals surface area contributed by atoms with Crippen LogP contribution >= 0.6 is 0 Å². The molecule has 1 saturated carbocycles. The molecule has 0 aromatic rings. The van der Waals surface area contributed by atoms with Crippen molar-refractivity contribution in [2.75, 3.05) is 6.54 Å². The van der Waals surface area contributed by atoms with Gasteiger partial charge in [-0.25, -0.2) is 0 Å². The molecule has 0 bridgehead atoms. The first-order valence-corrected chi connectivity index (χ1v) is 6.86. The van der Waals surface area contributed by atoms with Gasteiger partial charge in [0.2, 0.25) is 0 Å². The molecule has 0 amide bonds. The number of nitrogens with one attached hydrogen (secondary N) is 1. The van der Waals surface area contributed by atoms with Gasteiger partial charge in [-0.3, -0.25) is 0 Å². The lowest BCUT2D eigenvalue weighted by atomic mass is 9.82. The van der Waals surface area contributed by atoms with Crippen molar-refractivity contribution in [3.8, 4) is 0 Å². The second-order valence-corrected chi connectivity index (χ2v) is 6.05. The second-order valence-electron chi connectivity index (χ2n) is 6.05. The van der Waals surface area contributed by atoms with Crippen LogP contribution in [0.25, 0.3) is 0 Å². The number of ether oxygens (including phenoxy) is 1. The molecule has 3 unspecified atom stereocenters. The molecule has 2 nitrogen and oxygen atoms in total. The van der Waals surface area contributed by atoms with Crippen molar-refractivity contribution in [3.05, 3.63) is 0 Å². The molecule has 1 N–H and O–H groups in total. The standard InChI is InChI=1S/C14H29NO/c1-10(2)15-9-13(5)16-14-7-11(3)6-12(4)8-14/h10-15H,6-9H2,1-5H3. The largest absolute Gasteiger partial charge is 0.374 e. The zero-order chi connectivity index (χ0) is 12.1. The third-order valence-corrected chi connectivity index (χ3v) is 3.37. The summed E-state index contributed by atoms with van der Waals surface area (Å²) in [6, 6.07) is 0.551. The highest BCUT2D eigenvalue weighted by Crippen LogP contribution is 2.30. The molecule has 0 radical (unpaired) electrons. The van der Waals surface area contributed by atoms with Gasteiger partial charge in [0.1, 0.15) is 0 Å². The molecule has 1 rings (SSSR count). The summed E-state index contributed by atoms with van der Waals surface area (Å²) in [5.74, 6) is 1.66. The molecule has 1 aliphatic rings. The van der Waals surface area contributed by atoms with Crippen LogP contribution in [0.4, 0.5) is 0 Å². The van der Waals surface area contributed by atoms with Crippen molar-refractivity contribution in [2.45, 2.75) is 72.1 Å². The minimum Gasteiger partial charge on any atom is -0.374 e. The quantitative estimate of drug-likeness (QED) is 0.778. The molecule has 0 aromatic carbocycles. The van der Waals surface area contributed by atoms with E-state index in [2.05, 4.69) is 39.9 Å². The second kappa shape index (κ2) is 6.61. The maximum Gasteiger partial charge on any atom is 0.0675 e. The molecular weight excluding hydrogens is 198 g/mol. The highest BCUT2D eigenvalue weighted by atomic mass is 16.5. The van der Waals surface area contributed by atoms with E-state index in [1.807, 2.05) is 0 Å². The van der Waals surface area contributed by atoms with Crippen LogP contribution in [0.2, 0.25) is 0 Å². The molecule has 96 valence electrons. The average molecular weight is 227 g/mol. The highest BCUT2D eigenvalue weighted by molar-refractivity contribution is 4.76. The zero-order valence-corrected chi connectivity index (χ0v) is 11.6. The van der Waals surface area contributed by atoms with Crippen LogP contribution in [0.15, 0.2) is 0 Å². The first-order valence-electron chi connectivity index (χ1n) is 6.86. The maximum absolute atomic E-state index is 6.12. The van der Waals surface area contributed by atoms with Gasteiger partial charge in [0.15, 0.2) is 0 Å². The van der Waals surface area contributed by atoms with E-state index in [1.54, 1.807) is 0 Å². The van der Waals surface area contributed by atoms with Crippen LogP contribution in [-0.4, -0.2) is 24.8 Å². The van der Waals surface area contributed by atoms with Gasteiger partial charge in [-0.1, -0.05) is 27.7 Å². The Morgan fingerprint density at radius 3 is 2.12 bits per heavy atom. The third kappa shape index (κ3) is 5.31. The molecule has 0 aromatic heterocycles. The zero-order valence-electron chi connectivity index (χ0n) is 11.6. The van der Waals surface area contributed by atoms with Crippen molar-refractivity contribution >= 4 is 0 Å². The van der Waals surface area contributed by atoms with E-state index < -0.39 is 0 Å². The Labute approximate surface area is 101 Å². The van der Waals surface area contributed by atoms with Crippen LogP contribution in [0, 0.1) is 11.8 Å². The Bertz CT molecular complexity index is 183. The minimum absolute atomic E-state index is 0.338. The van der Waals surface area contributed by atoms with Crippen LogP contribution in [0.1, 0.15) is 53.9 Å². The van der Waals surface area contributed by atoms with Gasteiger partial charge in [-0.2, -0.15) is 0 Å². The smallest absolute Gasteiger partial charge is 0.0675 e. The Morgan fingerprint density at radius 2 is 1.62 bits per heavy atom. The van der Waals surface area contributed by atoms with Crippen LogP contribution in [0.5, 0.6) is 0 Å². The van der Waals surface area contributed by atoms with E-state index in [-0.39, 0.29) is 0 Å². The monoisotopic (exact) mass is 227 g/mol. The molecule has 1 aliphatic carbocycles. The number of hydrogen-bond donors (Lipinski definition) is 1. The molecular formula is C14H29NO. The fourth-order valence-electron chi connectivity index (χ4n) is 2.76. The van der Waals surface area contributed by atoms with Crippen LogP contribution in [0.3, 0.4) is 0 Å². The lowest BCUT2D eigenvalue weighted by molar-refractivity contribution is -0.0406. The normalized spacial score (nSPS) is 33.0. The molecule has 1 fully saturated rings. The molecule has 0 spiro atoms. The van der Waals surface area contributed by atoms with Gasteiger partial charge in [0.25, 0.3) is 0 Å². The van der Waals surface area contributed by atoms with Gasteiger partial charge >= 0.3 is 0 Å². The van der Waals surface area contributed by atoms with E-state index in [0.717, 1.165) is 18.4 Å². The Balaban J connectivity index is 2.24. The van der Waals surface area contributed by atoms with Gasteiger partial charge in [0, 0.05) is 12.6 Å². The lowest BCUT2D eigenvalue weighted by Crippen LogP contribution is -2.36. The number of rotatable bonds is 5. The predicted molar refractivity (Wildman–Crippen MR) is 69.7 cm³/mol. The van der Waals surface area contributed by atoms with Crippen molar-refractivity contribution in [2.24, 2.45) is 11.8 Å². The first-order chi connectivity index (χ1) is 7.47. The Morgan fingerprint density at radius 1 is 1.06 bits per heavy atom. The summed E-state index contributed by atoms with van der Waals surface area (Å²) in [6.45, 7) is 12.2. The summed E-state index contributed by atoms with van der Waals surface area (Å²) in [5.41, 5.74) is 0. The van der Waals surface area contributed by atoms with E-state index in [0.29, 0.717) is 18.2 Å². The van der Waals surface area contributed by atoms with Gasteiger partial charge in [0.05, 0.1) is 12.2 Å². The van der Waals surface area contributed by atoms with Crippen molar-refractivity contribution < 1.29 is 4.74 Å². The first kappa shape index (κ1) is 14.0. The van der Waals surface area contributed by atoms with Crippen LogP contribution in [-0.2, 0) is 4.74 Å². The van der Waals surface area contributed by atoms with Crippen LogP contribution < -0.4 is 5.32 Å². The summed E-state index contributed by atoms with van der Waals surface area (Å²) in [7, 11) is 0. The molecule has 0 heterocycles. The van der Waals surface area contributed by atoms with E-state index in [1.165, 1.54) is 19.3 Å². The molecule has 16 heavy (non-hydrogen) atoms. The van der Waals surface area contributed by atoms with Gasteiger partial charge in [-0.05, 0) is 38.0 Å². The number of hydrogen-bond acceptors (Lipinski definition) is 2. The fraction of sp³-hybridized carbons (Fsp3) is 1.00. The summed E-state index contributed by atoms with van der Waals surface area (Å²) >= 11 is 0. The SMILES string of the molecule is CC1CC(C)CC(OC(C)CNC(C)C)C1. The molecule has 0 aliphatic heterocycles. The maximum atomic E-state index is 6.12. The predicted octanol–water partition coefficient (Wildman–Crippen LogP) is 3.21. The van der Waals surface area contributed by atoms with Gasteiger partial charge in [-0.15, -0.1) is 0 Å². The fourth-order valence-corrected chi connectivity index (χ4v) is 2.76. The Hall–Kier alpha value is -0.0800.